The minimum atomic E-state index is -0.418. The number of hydrogen-bond donors (Lipinski definition) is 2. The van der Waals surface area contributed by atoms with Crippen LogP contribution in [0.1, 0.15) is 42.3 Å². The highest BCUT2D eigenvalue weighted by atomic mass is 16.5. The van der Waals surface area contributed by atoms with Crippen molar-refractivity contribution in [3.8, 4) is 5.75 Å². The zero-order valence-corrected chi connectivity index (χ0v) is 14.6. The van der Waals surface area contributed by atoms with Gasteiger partial charge in [0.15, 0.2) is 0 Å². The Bertz CT molecular complexity index is 799. The normalized spacial score (nSPS) is 11.3. The van der Waals surface area contributed by atoms with E-state index in [9.17, 15) is 4.79 Å². The van der Waals surface area contributed by atoms with Crippen LogP contribution < -0.4 is 16.2 Å². The second kappa shape index (κ2) is 7.61. The number of guanidine groups is 1. The minimum absolute atomic E-state index is 0.0332. The van der Waals surface area contributed by atoms with Crippen molar-refractivity contribution in [1.82, 2.24) is 0 Å². The fourth-order valence-corrected chi connectivity index (χ4v) is 2.09. The lowest BCUT2D eigenvalue weighted by molar-refractivity contribution is 0.0734. The Balaban J connectivity index is 2.10. The second-order valence-corrected chi connectivity index (χ2v) is 6.56. The molecule has 2 rings (SSSR count). The summed E-state index contributed by atoms with van der Waals surface area (Å²) < 4.78 is 5.41. The van der Waals surface area contributed by atoms with Crippen molar-refractivity contribution in [3.05, 3.63) is 65.2 Å². The third-order valence-electron chi connectivity index (χ3n) is 3.44. The van der Waals surface area contributed by atoms with Crippen LogP contribution in [-0.4, -0.2) is 18.1 Å². The molecule has 0 aliphatic heterocycles. The number of nitrogens with zero attached hydrogens (tertiary/aromatic N) is 2. The van der Waals surface area contributed by atoms with Gasteiger partial charge in [0.1, 0.15) is 5.75 Å². The Labute approximate surface area is 147 Å². The van der Waals surface area contributed by atoms with Gasteiger partial charge in [-0.2, -0.15) is 5.10 Å². The molecule has 0 aliphatic carbocycles. The van der Waals surface area contributed by atoms with Crippen molar-refractivity contribution in [2.45, 2.75) is 26.2 Å². The number of ether oxygens (including phenoxy) is 1. The average molecular weight is 338 g/mol. The van der Waals surface area contributed by atoms with Gasteiger partial charge in [0.05, 0.1) is 11.8 Å². The summed E-state index contributed by atoms with van der Waals surface area (Å²) in [7, 11) is 0. The van der Waals surface area contributed by atoms with Crippen molar-refractivity contribution in [1.29, 1.82) is 0 Å². The highest BCUT2D eigenvalue weighted by Crippen LogP contribution is 2.22. The molecule has 0 aliphatic rings. The van der Waals surface area contributed by atoms with E-state index in [0.29, 0.717) is 16.9 Å². The van der Waals surface area contributed by atoms with Gasteiger partial charge in [-0.3, -0.25) is 0 Å². The first-order chi connectivity index (χ1) is 11.8. The fraction of sp³-hybridized carbons (Fsp3) is 0.211. The summed E-state index contributed by atoms with van der Waals surface area (Å²) >= 11 is 0. The van der Waals surface area contributed by atoms with Crippen LogP contribution in [0.4, 0.5) is 0 Å². The third-order valence-corrected chi connectivity index (χ3v) is 3.44. The van der Waals surface area contributed by atoms with Crippen LogP contribution in [0.2, 0.25) is 0 Å². The summed E-state index contributed by atoms with van der Waals surface area (Å²) in [6.45, 7) is 6.36. The van der Waals surface area contributed by atoms with Crippen molar-refractivity contribution < 1.29 is 9.53 Å². The molecule has 2 aromatic carbocycles. The second-order valence-electron chi connectivity index (χ2n) is 6.56. The van der Waals surface area contributed by atoms with Crippen LogP contribution >= 0.6 is 0 Å². The summed E-state index contributed by atoms with van der Waals surface area (Å²) in [5.74, 6) is -0.130. The van der Waals surface area contributed by atoms with Gasteiger partial charge in [-0.05, 0) is 40.8 Å². The van der Waals surface area contributed by atoms with E-state index in [-0.39, 0.29) is 11.4 Å². The molecule has 0 heterocycles. The van der Waals surface area contributed by atoms with Crippen LogP contribution in [0.15, 0.2) is 58.7 Å². The van der Waals surface area contributed by atoms with Crippen LogP contribution in [0.5, 0.6) is 5.75 Å². The van der Waals surface area contributed by atoms with Gasteiger partial charge in [-0.15, -0.1) is 5.10 Å². The largest absolute Gasteiger partial charge is 0.423 e. The van der Waals surface area contributed by atoms with E-state index in [1.165, 1.54) is 6.21 Å². The molecule has 0 amide bonds. The van der Waals surface area contributed by atoms with Gasteiger partial charge in [0, 0.05) is 0 Å². The van der Waals surface area contributed by atoms with E-state index >= 15 is 0 Å². The van der Waals surface area contributed by atoms with Gasteiger partial charge >= 0.3 is 5.97 Å². The predicted molar refractivity (Wildman–Crippen MR) is 99.9 cm³/mol. The van der Waals surface area contributed by atoms with Gasteiger partial charge in [0.25, 0.3) is 0 Å². The summed E-state index contributed by atoms with van der Waals surface area (Å²) in [6, 6.07) is 14.3. The monoisotopic (exact) mass is 338 g/mol. The van der Waals surface area contributed by atoms with E-state index in [4.69, 9.17) is 16.2 Å². The van der Waals surface area contributed by atoms with Gasteiger partial charge < -0.3 is 16.2 Å². The number of hydrogen-bond acceptors (Lipinski definition) is 4. The maximum absolute atomic E-state index is 12.3. The van der Waals surface area contributed by atoms with E-state index in [2.05, 4.69) is 31.0 Å². The molecular formula is C19H22N4O2. The molecule has 2 aromatic rings. The van der Waals surface area contributed by atoms with Crippen molar-refractivity contribution >= 4 is 18.1 Å². The Morgan fingerprint density at radius 2 is 1.76 bits per heavy atom. The zero-order valence-electron chi connectivity index (χ0n) is 14.6. The number of carbonyl (C=O) groups excluding carboxylic acids is 1. The Kier molecular flexibility index (Phi) is 5.54. The predicted octanol–water partition coefficient (Wildman–Crippen LogP) is 2.81. The smallest absolute Gasteiger partial charge is 0.343 e. The number of carbonyl (C=O) groups is 1. The number of esters is 1. The number of nitrogens with two attached hydrogens (primary N) is 2. The molecule has 0 aromatic heterocycles. The fourth-order valence-electron chi connectivity index (χ4n) is 2.09. The number of rotatable bonds is 4. The van der Waals surface area contributed by atoms with Crippen LogP contribution in [0, 0.1) is 0 Å². The molecule has 0 spiro atoms. The Morgan fingerprint density at radius 3 is 2.36 bits per heavy atom. The SMILES string of the molecule is CC(C)(C)c1ccc(C(=O)Oc2cccc(/C=N\N=C(N)N)c2)cc1. The summed E-state index contributed by atoms with van der Waals surface area (Å²) in [5, 5.41) is 7.24. The summed E-state index contributed by atoms with van der Waals surface area (Å²) in [4.78, 5) is 12.3. The molecule has 0 saturated heterocycles. The van der Waals surface area contributed by atoms with Crippen LogP contribution in [0.3, 0.4) is 0 Å². The standard InChI is InChI=1S/C19H22N4O2/c1-19(2,3)15-9-7-14(8-10-15)17(24)25-16-6-4-5-13(11-16)12-22-23-18(20)21/h4-12H,1-3H3,(H4,20,21,23)/b22-12-. The molecule has 4 N–H and O–H groups in total. The minimum Gasteiger partial charge on any atom is -0.423 e. The lowest BCUT2D eigenvalue weighted by Gasteiger charge is -2.18. The molecule has 6 heteroatoms. The first-order valence-corrected chi connectivity index (χ1v) is 7.80. The van der Waals surface area contributed by atoms with E-state index in [0.717, 1.165) is 5.56 Å². The highest BCUT2D eigenvalue weighted by molar-refractivity contribution is 5.91. The quantitative estimate of drug-likeness (QED) is 0.294. The molecule has 0 saturated carbocycles. The van der Waals surface area contributed by atoms with Crippen molar-refractivity contribution in [2.75, 3.05) is 0 Å². The molecule has 0 unspecified atom stereocenters. The number of benzene rings is 2. The lowest BCUT2D eigenvalue weighted by atomic mass is 9.87. The topological polar surface area (TPSA) is 103 Å². The Hall–Kier alpha value is -3.15. The van der Waals surface area contributed by atoms with Crippen molar-refractivity contribution in [2.24, 2.45) is 21.7 Å². The maximum Gasteiger partial charge on any atom is 0.343 e. The lowest BCUT2D eigenvalue weighted by Crippen LogP contribution is -2.21. The summed E-state index contributed by atoms with van der Waals surface area (Å²) in [5.41, 5.74) is 12.8. The highest BCUT2D eigenvalue weighted by Gasteiger charge is 2.15. The third kappa shape index (κ3) is 5.46. The molecular weight excluding hydrogens is 316 g/mol. The summed E-state index contributed by atoms with van der Waals surface area (Å²) in [6.07, 6.45) is 1.47. The zero-order chi connectivity index (χ0) is 18.4. The average Bonchev–Trinajstić information content (AvgIpc) is 2.54. The molecule has 0 bridgehead atoms. The van der Waals surface area contributed by atoms with Crippen LogP contribution in [0.25, 0.3) is 0 Å². The van der Waals surface area contributed by atoms with Crippen LogP contribution in [-0.2, 0) is 5.41 Å². The van der Waals surface area contributed by atoms with Gasteiger partial charge in [-0.25, -0.2) is 4.79 Å². The molecule has 6 nitrogen and oxygen atoms in total. The van der Waals surface area contributed by atoms with E-state index in [1.807, 2.05) is 12.1 Å². The van der Waals surface area contributed by atoms with Gasteiger partial charge in [0.2, 0.25) is 5.96 Å². The van der Waals surface area contributed by atoms with Gasteiger partial charge in [-0.1, -0.05) is 45.0 Å². The maximum atomic E-state index is 12.3. The van der Waals surface area contributed by atoms with E-state index < -0.39 is 5.97 Å². The molecule has 130 valence electrons. The van der Waals surface area contributed by atoms with Crippen molar-refractivity contribution in [3.63, 3.8) is 0 Å². The molecule has 25 heavy (non-hydrogen) atoms. The molecule has 0 radical (unpaired) electrons. The van der Waals surface area contributed by atoms with E-state index in [1.54, 1.807) is 36.4 Å². The Morgan fingerprint density at radius 1 is 1.08 bits per heavy atom. The molecule has 0 atom stereocenters. The first kappa shape index (κ1) is 18.2. The first-order valence-electron chi connectivity index (χ1n) is 7.80. The molecule has 0 fully saturated rings.